The van der Waals surface area contributed by atoms with Crippen molar-refractivity contribution in [2.75, 3.05) is 26.4 Å². The second-order valence-corrected chi connectivity index (χ2v) is 19.5. The predicted molar refractivity (Wildman–Crippen MR) is 270 cm³/mol. The molecule has 0 aliphatic carbocycles. The van der Waals surface area contributed by atoms with Gasteiger partial charge in [-0.3, -0.25) is 18.6 Å². The number of ether oxygens (including phenoxy) is 2. The zero-order chi connectivity index (χ0) is 46.7. The molecule has 0 rings (SSSR count). The first-order chi connectivity index (χ1) is 31.3. The van der Waals surface area contributed by atoms with Gasteiger partial charge in [0.2, 0.25) is 0 Å². The number of hydrogen-bond acceptors (Lipinski definition) is 8. The quantitative estimate of drug-likeness (QED) is 0.0265. The molecule has 0 saturated carbocycles. The molecule has 0 aliphatic heterocycles. The van der Waals surface area contributed by atoms with Crippen LogP contribution in [0, 0.1) is 0 Å². The molecule has 64 heavy (non-hydrogen) atoms. The Morgan fingerprint density at radius 2 is 0.859 bits per heavy atom. The van der Waals surface area contributed by atoms with E-state index < -0.39 is 26.5 Å². The van der Waals surface area contributed by atoms with Gasteiger partial charge in [0.1, 0.15) is 6.61 Å². The van der Waals surface area contributed by atoms with E-state index in [2.05, 4.69) is 50.3 Å². The maximum absolute atomic E-state index is 12.6. The molecule has 3 N–H and O–H groups in total. The van der Waals surface area contributed by atoms with Crippen LogP contribution in [0.1, 0.15) is 264 Å². The zero-order valence-electron chi connectivity index (χ0n) is 41.8. The Bertz CT molecular complexity index is 1140. The van der Waals surface area contributed by atoms with Crippen molar-refractivity contribution in [1.82, 2.24) is 0 Å². The number of unbranched alkanes of at least 4 members (excludes halogenated alkanes) is 32. The van der Waals surface area contributed by atoms with Gasteiger partial charge in [-0.25, -0.2) is 4.57 Å². The van der Waals surface area contributed by atoms with Crippen molar-refractivity contribution in [2.24, 2.45) is 5.73 Å². The fraction of sp³-hybridized carbons (Fsp3) is 0.852. The molecular weight excluding hydrogens is 822 g/mol. The summed E-state index contributed by atoms with van der Waals surface area (Å²) >= 11 is 0. The molecule has 0 bridgehead atoms. The first-order valence-corrected chi connectivity index (χ1v) is 28.5. The standard InChI is InChI=1S/C54H102NO8P/c1-3-5-7-9-11-13-15-17-19-21-22-23-24-25-26-27-28-29-31-32-34-36-38-40-42-44-46-53(56)60-50-52(51-62-64(58,59)61-49-48-55)63-54(57)47-45-43-41-39-37-35-33-30-20-18-16-14-12-10-8-6-4-2/h6,8,12,14,18,20,52H,3-5,7,9-11,13,15-17,19,21-51,55H2,1-2H3,(H,58,59)/b8-6-,14-12-,20-18-. The highest BCUT2D eigenvalue weighted by Gasteiger charge is 2.26. The third-order valence-corrected chi connectivity index (χ3v) is 12.8. The van der Waals surface area contributed by atoms with Gasteiger partial charge >= 0.3 is 19.8 Å². The van der Waals surface area contributed by atoms with Gasteiger partial charge in [-0.2, -0.15) is 0 Å². The molecule has 376 valence electrons. The molecule has 0 aromatic rings. The lowest BCUT2D eigenvalue weighted by molar-refractivity contribution is -0.161. The third-order valence-electron chi connectivity index (χ3n) is 11.8. The van der Waals surface area contributed by atoms with E-state index in [1.54, 1.807) is 0 Å². The first-order valence-electron chi connectivity index (χ1n) is 27.0. The van der Waals surface area contributed by atoms with E-state index in [0.29, 0.717) is 6.42 Å². The lowest BCUT2D eigenvalue weighted by Gasteiger charge is -2.19. The number of nitrogens with two attached hydrogens (primary N) is 1. The minimum Gasteiger partial charge on any atom is -0.462 e. The van der Waals surface area contributed by atoms with Crippen LogP contribution in [-0.2, 0) is 32.7 Å². The number of carbonyl (C=O) groups is 2. The third kappa shape index (κ3) is 49.7. The molecule has 2 atom stereocenters. The van der Waals surface area contributed by atoms with E-state index in [1.807, 2.05) is 0 Å². The summed E-state index contributed by atoms with van der Waals surface area (Å²) in [5.74, 6) is -0.828. The topological polar surface area (TPSA) is 134 Å². The Morgan fingerprint density at radius 3 is 1.28 bits per heavy atom. The summed E-state index contributed by atoms with van der Waals surface area (Å²) < 4.78 is 32.9. The minimum absolute atomic E-state index is 0.0523. The summed E-state index contributed by atoms with van der Waals surface area (Å²) in [5.41, 5.74) is 5.37. The van der Waals surface area contributed by atoms with Crippen molar-refractivity contribution < 1.29 is 37.6 Å². The number of hydrogen-bond donors (Lipinski definition) is 2. The fourth-order valence-electron chi connectivity index (χ4n) is 7.83. The van der Waals surface area contributed by atoms with Crippen LogP contribution in [0.2, 0.25) is 0 Å². The van der Waals surface area contributed by atoms with Crippen LogP contribution in [0.3, 0.4) is 0 Å². The van der Waals surface area contributed by atoms with Crippen LogP contribution in [0.4, 0.5) is 0 Å². The smallest absolute Gasteiger partial charge is 0.462 e. The highest BCUT2D eigenvalue weighted by atomic mass is 31.2. The van der Waals surface area contributed by atoms with Gasteiger partial charge < -0.3 is 20.1 Å². The van der Waals surface area contributed by atoms with Crippen molar-refractivity contribution >= 4 is 19.8 Å². The molecule has 0 heterocycles. The van der Waals surface area contributed by atoms with Gasteiger partial charge in [-0.1, -0.05) is 243 Å². The lowest BCUT2D eigenvalue weighted by atomic mass is 10.0. The first kappa shape index (κ1) is 62.2. The number of allylic oxidation sites excluding steroid dienone is 6. The van der Waals surface area contributed by atoms with Gasteiger partial charge in [0, 0.05) is 19.4 Å². The van der Waals surface area contributed by atoms with Crippen LogP contribution in [0.25, 0.3) is 0 Å². The van der Waals surface area contributed by atoms with Gasteiger partial charge in [0.05, 0.1) is 13.2 Å². The van der Waals surface area contributed by atoms with E-state index in [0.717, 1.165) is 64.2 Å². The number of phosphoric ester groups is 1. The number of phosphoric acid groups is 1. The van der Waals surface area contributed by atoms with E-state index in [-0.39, 0.29) is 38.6 Å². The Hall–Kier alpha value is -1.77. The molecule has 9 nitrogen and oxygen atoms in total. The summed E-state index contributed by atoms with van der Waals surface area (Å²) in [4.78, 5) is 35.1. The monoisotopic (exact) mass is 924 g/mol. The molecule has 0 radical (unpaired) electrons. The van der Waals surface area contributed by atoms with Crippen LogP contribution in [0.5, 0.6) is 0 Å². The molecular formula is C54H102NO8P. The Balaban J connectivity index is 3.94. The fourth-order valence-corrected chi connectivity index (χ4v) is 8.59. The molecule has 0 spiro atoms. The predicted octanol–water partition coefficient (Wildman–Crippen LogP) is 16.5. The molecule has 10 heteroatoms. The molecule has 0 aromatic heterocycles. The largest absolute Gasteiger partial charge is 0.472 e. The summed E-state index contributed by atoms with van der Waals surface area (Å²) in [7, 11) is -4.38. The van der Waals surface area contributed by atoms with Gasteiger partial charge in [0.15, 0.2) is 6.10 Å². The summed E-state index contributed by atoms with van der Waals surface area (Å²) in [6.45, 7) is 3.66. The molecule has 0 amide bonds. The highest BCUT2D eigenvalue weighted by molar-refractivity contribution is 7.47. The number of esters is 2. The second-order valence-electron chi connectivity index (χ2n) is 18.1. The van der Waals surface area contributed by atoms with E-state index in [4.69, 9.17) is 24.3 Å². The maximum atomic E-state index is 12.6. The van der Waals surface area contributed by atoms with Crippen LogP contribution in [-0.4, -0.2) is 49.3 Å². The van der Waals surface area contributed by atoms with Crippen LogP contribution < -0.4 is 5.73 Å². The summed E-state index contributed by atoms with van der Waals surface area (Å²) in [6, 6.07) is 0. The average Bonchev–Trinajstić information content (AvgIpc) is 3.28. The Morgan fingerprint density at radius 1 is 0.484 bits per heavy atom. The van der Waals surface area contributed by atoms with Crippen molar-refractivity contribution in [3.8, 4) is 0 Å². The van der Waals surface area contributed by atoms with E-state index in [9.17, 15) is 19.0 Å². The van der Waals surface area contributed by atoms with Crippen molar-refractivity contribution in [1.29, 1.82) is 0 Å². The normalized spacial score (nSPS) is 13.4. The highest BCUT2D eigenvalue weighted by Crippen LogP contribution is 2.43. The van der Waals surface area contributed by atoms with E-state index >= 15 is 0 Å². The average molecular weight is 924 g/mol. The maximum Gasteiger partial charge on any atom is 0.472 e. The minimum atomic E-state index is -4.38. The SMILES string of the molecule is CC/C=C\C/C=C\C/C=C\CCCCCCCCCC(=O)OC(COC(=O)CCCCCCCCCCCCCCCCCCCCCCCCCCCC)COP(=O)(O)OCCN. The van der Waals surface area contributed by atoms with E-state index in [1.165, 1.54) is 167 Å². The Labute approximate surface area is 394 Å². The number of carbonyl (C=O) groups excluding carboxylic acids is 2. The zero-order valence-corrected chi connectivity index (χ0v) is 42.7. The van der Waals surface area contributed by atoms with Gasteiger partial charge in [-0.15, -0.1) is 0 Å². The lowest BCUT2D eigenvalue weighted by Crippen LogP contribution is -2.29. The number of rotatable bonds is 51. The van der Waals surface area contributed by atoms with Gasteiger partial charge in [0.25, 0.3) is 0 Å². The summed E-state index contributed by atoms with van der Waals surface area (Å²) in [5, 5.41) is 0. The Kier molecular flexibility index (Phi) is 49.2. The van der Waals surface area contributed by atoms with Crippen molar-refractivity contribution in [2.45, 2.75) is 270 Å². The van der Waals surface area contributed by atoms with Crippen LogP contribution >= 0.6 is 7.82 Å². The molecule has 0 aromatic carbocycles. The van der Waals surface area contributed by atoms with Crippen molar-refractivity contribution in [3.63, 3.8) is 0 Å². The molecule has 0 fully saturated rings. The van der Waals surface area contributed by atoms with Crippen LogP contribution in [0.15, 0.2) is 36.5 Å². The molecule has 2 unspecified atom stereocenters. The van der Waals surface area contributed by atoms with Crippen molar-refractivity contribution in [3.05, 3.63) is 36.5 Å². The molecule has 0 saturated heterocycles. The van der Waals surface area contributed by atoms with Gasteiger partial charge in [-0.05, 0) is 44.9 Å². The second kappa shape index (κ2) is 50.6. The molecule has 0 aliphatic rings. The summed E-state index contributed by atoms with van der Waals surface area (Å²) in [6.07, 6.45) is 59.1.